The smallest absolute Gasteiger partial charge is 0.407 e. The Morgan fingerprint density at radius 1 is 1.22 bits per heavy atom. The lowest BCUT2D eigenvalue weighted by Gasteiger charge is -2.23. The monoisotopic (exact) mass is 328 g/mol. The molecule has 0 aromatic heterocycles. The molecule has 2 atom stereocenters. The van der Waals surface area contributed by atoms with Crippen LogP contribution in [-0.2, 0) is 4.74 Å². The van der Waals surface area contributed by atoms with Crippen molar-refractivity contribution in [2.75, 3.05) is 6.54 Å². The standard InChI is InChI=1S/C17H26F2N2O2/c1-10-7-15(19)13(8-14(10)18)12(3)21-11(2)9-20-16(22)23-17(4,5)6/h7-8,11-12,21H,9H2,1-6H3,(H,20,22). The SMILES string of the molecule is Cc1cc(F)c(C(C)NC(C)CNC(=O)OC(C)(C)C)cc1F. The van der Waals surface area contributed by atoms with Crippen molar-refractivity contribution in [1.29, 1.82) is 0 Å². The Morgan fingerprint density at radius 3 is 2.39 bits per heavy atom. The van der Waals surface area contributed by atoms with Gasteiger partial charge >= 0.3 is 6.09 Å². The zero-order valence-corrected chi connectivity index (χ0v) is 14.6. The van der Waals surface area contributed by atoms with E-state index in [1.54, 1.807) is 27.7 Å². The zero-order chi connectivity index (χ0) is 17.8. The van der Waals surface area contributed by atoms with Crippen molar-refractivity contribution in [2.24, 2.45) is 0 Å². The molecule has 0 heterocycles. The first-order valence-corrected chi connectivity index (χ1v) is 7.68. The van der Waals surface area contributed by atoms with Gasteiger partial charge in [0.1, 0.15) is 17.2 Å². The lowest BCUT2D eigenvalue weighted by molar-refractivity contribution is 0.0522. The molecular formula is C17H26F2N2O2. The Bertz CT molecular complexity index is 556. The third kappa shape index (κ3) is 6.52. The van der Waals surface area contributed by atoms with E-state index in [4.69, 9.17) is 4.74 Å². The summed E-state index contributed by atoms with van der Waals surface area (Å²) in [6, 6.07) is 1.87. The number of alkyl carbamates (subject to hydrolysis) is 1. The van der Waals surface area contributed by atoms with Crippen molar-refractivity contribution < 1.29 is 18.3 Å². The first-order chi connectivity index (χ1) is 10.5. The van der Waals surface area contributed by atoms with E-state index >= 15 is 0 Å². The van der Waals surface area contributed by atoms with Crippen LogP contribution in [0.3, 0.4) is 0 Å². The van der Waals surface area contributed by atoms with Gasteiger partial charge in [0.2, 0.25) is 0 Å². The summed E-state index contributed by atoms with van der Waals surface area (Å²) in [7, 11) is 0. The average Bonchev–Trinajstić information content (AvgIpc) is 2.38. The molecule has 2 unspecified atom stereocenters. The summed E-state index contributed by atoms with van der Waals surface area (Å²) in [6.07, 6.45) is -0.508. The molecule has 1 amide bonds. The molecule has 0 saturated heterocycles. The molecular weight excluding hydrogens is 302 g/mol. The largest absolute Gasteiger partial charge is 0.444 e. The number of carbonyl (C=O) groups excluding carboxylic acids is 1. The molecule has 0 aliphatic heterocycles. The van der Waals surface area contributed by atoms with Gasteiger partial charge in [-0.1, -0.05) is 0 Å². The zero-order valence-electron chi connectivity index (χ0n) is 14.6. The van der Waals surface area contributed by atoms with Crippen molar-refractivity contribution in [3.05, 3.63) is 34.9 Å². The van der Waals surface area contributed by atoms with Crippen LogP contribution < -0.4 is 10.6 Å². The van der Waals surface area contributed by atoms with Gasteiger partial charge in [0.25, 0.3) is 0 Å². The number of ether oxygens (including phenoxy) is 1. The number of carbonyl (C=O) groups is 1. The minimum Gasteiger partial charge on any atom is -0.444 e. The summed E-state index contributed by atoms with van der Waals surface area (Å²) < 4.78 is 32.7. The van der Waals surface area contributed by atoms with Gasteiger partial charge in [-0.2, -0.15) is 0 Å². The molecule has 1 aromatic carbocycles. The van der Waals surface area contributed by atoms with Crippen LogP contribution in [0.5, 0.6) is 0 Å². The molecule has 1 aromatic rings. The molecule has 0 spiro atoms. The molecule has 0 fully saturated rings. The van der Waals surface area contributed by atoms with Crippen molar-refractivity contribution in [2.45, 2.75) is 59.2 Å². The van der Waals surface area contributed by atoms with Crippen LogP contribution in [0.2, 0.25) is 0 Å². The topological polar surface area (TPSA) is 50.4 Å². The van der Waals surface area contributed by atoms with E-state index in [9.17, 15) is 13.6 Å². The quantitative estimate of drug-likeness (QED) is 0.863. The van der Waals surface area contributed by atoms with Gasteiger partial charge in [-0.05, 0) is 59.2 Å². The summed E-state index contributed by atoms with van der Waals surface area (Å²) >= 11 is 0. The van der Waals surface area contributed by atoms with E-state index in [1.165, 1.54) is 19.1 Å². The van der Waals surface area contributed by atoms with Gasteiger partial charge in [-0.25, -0.2) is 13.6 Å². The number of benzene rings is 1. The highest BCUT2D eigenvalue weighted by Gasteiger charge is 2.18. The second-order valence-electron chi connectivity index (χ2n) is 6.80. The van der Waals surface area contributed by atoms with Crippen LogP contribution in [0.25, 0.3) is 0 Å². The predicted octanol–water partition coefficient (Wildman–Crippen LogP) is 3.84. The van der Waals surface area contributed by atoms with Gasteiger partial charge in [0.05, 0.1) is 0 Å². The summed E-state index contributed by atoms with van der Waals surface area (Å²) in [5, 5.41) is 5.76. The molecule has 130 valence electrons. The third-order valence-corrected chi connectivity index (χ3v) is 3.23. The second kappa shape index (κ2) is 7.73. The first-order valence-electron chi connectivity index (χ1n) is 7.68. The van der Waals surface area contributed by atoms with Gasteiger partial charge < -0.3 is 15.4 Å². The van der Waals surface area contributed by atoms with E-state index in [-0.39, 0.29) is 23.2 Å². The van der Waals surface area contributed by atoms with Crippen molar-refractivity contribution in [3.63, 3.8) is 0 Å². The first kappa shape index (κ1) is 19.4. The van der Waals surface area contributed by atoms with Crippen molar-refractivity contribution in [1.82, 2.24) is 10.6 Å². The molecule has 0 saturated carbocycles. The van der Waals surface area contributed by atoms with Crippen molar-refractivity contribution in [3.8, 4) is 0 Å². The van der Waals surface area contributed by atoms with Crippen LogP contribution in [0.1, 0.15) is 51.8 Å². The van der Waals surface area contributed by atoms with E-state index in [0.717, 1.165) is 0 Å². The maximum atomic E-state index is 13.9. The van der Waals surface area contributed by atoms with Gasteiger partial charge in [0.15, 0.2) is 0 Å². The minimum absolute atomic E-state index is 0.138. The van der Waals surface area contributed by atoms with Crippen molar-refractivity contribution >= 4 is 6.09 Å². The summed E-state index contributed by atoms with van der Waals surface area (Å²) in [4.78, 5) is 11.6. The summed E-state index contributed by atoms with van der Waals surface area (Å²) in [6.45, 7) is 10.8. The van der Waals surface area contributed by atoms with Crippen LogP contribution in [0.15, 0.2) is 12.1 Å². The predicted molar refractivity (Wildman–Crippen MR) is 86.3 cm³/mol. The summed E-state index contributed by atoms with van der Waals surface area (Å²) in [5.41, 5.74) is -0.0216. The second-order valence-corrected chi connectivity index (χ2v) is 6.80. The van der Waals surface area contributed by atoms with Gasteiger partial charge in [-0.15, -0.1) is 0 Å². The normalized spacial score (nSPS) is 14.3. The van der Waals surface area contributed by atoms with E-state index in [2.05, 4.69) is 10.6 Å². The Hall–Kier alpha value is -1.69. The number of hydrogen-bond acceptors (Lipinski definition) is 3. The fourth-order valence-corrected chi connectivity index (χ4v) is 2.12. The summed E-state index contributed by atoms with van der Waals surface area (Å²) in [5.74, 6) is -0.884. The molecule has 2 N–H and O–H groups in total. The minimum atomic E-state index is -0.559. The highest BCUT2D eigenvalue weighted by Crippen LogP contribution is 2.21. The third-order valence-electron chi connectivity index (χ3n) is 3.23. The number of halogens is 2. The molecule has 1 rings (SSSR count). The molecule has 6 heteroatoms. The number of amides is 1. The molecule has 0 aliphatic rings. The average molecular weight is 328 g/mol. The van der Waals surface area contributed by atoms with Crippen LogP contribution in [-0.4, -0.2) is 24.3 Å². The van der Waals surface area contributed by atoms with Gasteiger partial charge in [-0.3, -0.25) is 0 Å². The van der Waals surface area contributed by atoms with E-state index in [1.807, 2.05) is 6.92 Å². The lowest BCUT2D eigenvalue weighted by atomic mass is 10.0. The van der Waals surface area contributed by atoms with Crippen LogP contribution >= 0.6 is 0 Å². The lowest BCUT2D eigenvalue weighted by Crippen LogP contribution is -2.42. The number of rotatable bonds is 5. The Labute approximate surface area is 136 Å². The Kier molecular flexibility index (Phi) is 6.50. The number of hydrogen-bond donors (Lipinski definition) is 2. The molecule has 0 aliphatic carbocycles. The number of aryl methyl sites for hydroxylation is 1. The highest BCUT2D eigenvalue weighted by molar-refractivity contribution is 5.67. The maximum Gasteiger partial charge on any atom is 0.407 e. The Balaban J connectivity index is 2.56. The molecule has 0 bridgehead atoms. The highest BCUT2D eigenvalue weighted by atomic mass is 19.1. The maximum absolute atomic E-state index is 13.9. The molecule has 0 radical (unpaired) electrons. The van der Waals surface area contributed by atoms with Crippen LogP contribution in [0.4, 0.5) is 13.6 Å². The molecule has 4 nitrogen and oxygen atoms in total. The fraction of sp³-hybridized carbons (Fsp3) is 0.588. The van der Waals surface area contributed by atoms with E-state index < -0.39 is 23.3 Å². The van der Waals surface area contributed by atoms with Gasteiger partial charge in [0, 0.05) is 24.2 Å². The van der Waals surface area contributed by atoms with Crippen LogP contribution in [0, 0.1) is 18.6 Å². The molecule has 23 heavy (non-hydrogen) atoms. The number of nitrogens with one attached hydrogen (secondary N) is 2. The van der Waals surface area contributed by atoms with E-state index in [0.29, 0.717) is 6.54 Å². The Morgan fingerprint density at radius 2 is 1.83 bits per heavy atom. The fourth-order valence-electron chi connectivity index (χ4n) is 2.12.